The number of hydrogen-bond donors (Lipinski definition) is 1. The maximum absolute atomic E-state index is 13.8. The van der Waals surface area contributed by atoms with Gasteiger partial charge in [-0.3, -0.25) is 0 Å². The SMILES string of the molecule is Cc1ccc(S(=O)(=O)n2cc(-c3cccc(S(=O)(=O)N(C)C(C)(C)C)c3)c3cc(-c4cccc(N)c4)cnc32)cc1. The van der Waals surface area contributed by atoms with Crippen molar-refractivity contribution in [2.24, 2.45) is 0 Å². The number of fused-ring (bicyclic) bond motifs is 1. The van der Waals surface area contributed by atoms with Crippen molar-refractivity contribution >= 4 is 36.8 Å². The average Bonchev–Trinajstić information content (AvgIpc) is 3.32. The van der Waals surface area contributed by atoms with E-state index in [1.54, 1.807) is 67.8 Å². The summed E-state index contributed by atoms with van der Waals surface area (Å²) >= 11 is 0. The molecule has 8 nitrogen and oxygen atoms in total. The van der Waals surface area contributed by atoms with Crippen LogP contribution in [0.2, 0.25) is 0 Å². The van der Waals surface area contributed by atoms with Crippen LogP contribution in [0.15, 0.2) is 101 Å². The number of nitrogens with two attached hydrogens (primary N) is 1. The number of benzene rings is 3. The number of pyridine rings is 1. The molecule has 0 aliphatic heterocycles. The molecule has 0 fully saturated rings. The van der Waals surface area contributed by atoms with E-state index in [2.05, 4.69) is 4.98 Å². The summed E-state index contributed by atoms with van der Waals surface area (Å²) in [6.45, 7) is 7.35. The summed E-state index contributed by atoms with van der Waals surface area (Å²) in [4.78, 5) is 4.82. The largest absolute Gasteiger partial charge is 0.399 e. The lowest BCUT2D eigenvalue weighted by atomic mass is 10.0. The van der Waals surface area contributed by atoms with Crippen LogP contribution in [0.5, 0.6) is 0 Å². The Labute approximate surface area is 241 Å². The van der Waals surface area contributed by atoms with Crippen molar-refractivity contribution in [1.29, 1.82) is 0 Å². The van der Waals surface area contributed by atoms with Gasteiger partial charge in [0.1, 0.15) is 0 Å². The van der Waals surface area contributed by atoms with Crippen LogP contribution in [0.3, 0.4) is 0 Å². The average molecular weight is 589 g/mol. The van der Waals surface area contributed by atoms with E-state index in [0.29, 0.717) is 22.2 Å². The van der Waals surface area contributed by atoms with E-state index in [1.165, 1.54) is 10.5 Å². The van der Waals surface area contributed by atoms with Gasteiger partial charge in [-0.25, -0.2) is 25.8 Å². The minimum atomic E-state index is -4.02. The summed E-state index contributed by atoms with van der Waals surface area (Å²) in [5, 5.41) is 0.555. The van der Waals surface area contributed by atoms with Gasteiger partial charge in [0.15, 0.2) is 5.65 Å². The van der Waals surface area contributed by atoms with E-state index in [9.17, 15) is 16.8 Å². The minimum absolute atomic E-state index is 0.106. The van der Waals surface area contributed by atoms with Crippen molar-refractivity contribution in [3.63, 3.8) is 0 Å². The quantitative estimate of drug-likeness (QED) is 0.246. The Balaban J connectivity index is 1.76. The van der Waals surface area contributed by atoms with Crippen molar-refractivity contribution in [3.05, 3.63) is 96.8 Å². The van der Waals surface area contributed by atoms with Crippen LogP contribution in [0, 0.1) is 6.92 Å². The Kier molecular flexibility index (Phi) is 7.05. The number of rotatable bonds is 6. The van der Waals surface area contributed by atoms with E-state index >= 15 is 0 Å². The normalized spacial score (nSPS) is 12.7. The van der Waals surface area contributed by atoms with Gasteiger partial charge in [-0.2, -0.15) is 4.31 Å². The summed E-state index contributed by atoms with van der Waals surface area (Å²) in [5.74, 6) is 0. The van der Waals surface area contributed by atoms with Crippen molar-refractivity contribution in [1.82, 2.24) is 13.3 Å². The van der Waals surface area contributed by atoms with Crippen LogP contribution in [-0.4, -0.2) is 42.7 Å². The molecule has 0 saturated heterocycles. The monoisotopic (exact) mass is 588 g/mol. The summed E-state index contributed by atoms with van der Waals surface area (Å²) in [7, 11) is -6.30. The zero-order valence-corrected chi connectivity index (χ0v) is 25.2. The van der Waals surface area contributed by atoms with E-state index in [1.807, 2.05) is 52.0 Å². The van der Waals surface area contributed by atoms with Crippen LogP contribution in [0.1, 0.15) is 26.3 Å². The standard InChI is InChI=1S/C31H32N4O4S2/c1-21-12-14-26(15-13-21)41(38,39)35-20-29(23-9-7-11-27(17-23)40(36,37)34(5)31(2,3)4)28-18-24(19-33-30(28)35)22-8-6-10-25(32)16-22/h6-20H,32H2,1-5H3. The number of aromatic nitrogens is 2. The van der Waals surface area contributed by atoms with Gasteiger partial charge >= 0.3 is 0 Å². The summed E-state index contributed by atoms with van der Waals surface area (Å²) < 4.78 is 57.1. The Bertz CT molecular complexity index is 1990. The van der Waals surface area contributed by atoms with Crippen LogP contribution < -0.4 is 5.73 Å². The predicted molar refractivity (Wildman–Crippen MR) is 163 cm³/mol. The van der Waals surface area contributed by atoms with Crippen molar-refractivity contribution in [2.45, 2.75) is 43.0 Å². The molecule has 0 radical (unpaired) electrons. The van der Waals surface area contributed by atoms with Gasteiger partial charge in [0.25, 0.3) is 10.0 Å². The molecule has 0 saturated carbocycles. The first-order chi connectivity index (χ1) is 19.2. The fourth-order valence-electron chi connectivity index (χ4n) is 4.54. The van der Waals surface area contributed by atoms with E-state index in [0.717, 1.165) is 20.7 Å². The summed E-state index contributed by atoms with van der Waals surface area (Å²) in [6, 6.07) is 22.3. The van der Waals surface area contributed by atoms with E-state index in [4.69, 9.17) is 5.73 Å². The number of anilines is 1. The molecular weight excluding hydrogens is 556 g/mol. The number of nitrogens with zero attached hydrogens (tertiary/aromatic N) is 3. The third-order valence-electron chi connectivity index (χ3n) is 7.16. The molecule has 0 atom stereocenters. The lowest BCUT2D eigenvalue weighted by molar-refractivity contribution is 0.292. The van der Waals surface area contributed by atoms with E-state index in [-0.39, 0.29) is 15.4 Å². The highest BCUT2D eigenvalue weighted by Gasteiger charge is 2.31. The molecule has 0 aliphatic rings. The van der Waals surface area contributed by atoms with Crippen LogP contribution in [0.25, 0.3) is 33.3 Å². The molecule has 212 valence electrons. The Hall–Kier alpha value is -3.99. The van der Waals surface area contributed by atoms with Crippen LogP contribution in [0.4, 0.5) is 5.69 Å². The molecule has 3 aromatic carbocycles. The van der Waals surface area contributed by atoms with Crippen LogP contribution >= 0.6 is 0 Å². The van der Waals surface area contributed by atoms with Gasteiger partial charge in [-0.05, 0) is 81.3 Å². The topological polar surface area (TPSA) is 115 Å². The molecular formula is C31H32N4O4S2. The second-order valence-electron chi connectivity index (χ2n) is 11.0. The third-order valence-corrected chi connectivity index (χ3v) is 10.9. The van der Waals surface area contributed by atoms with Crippen molar-refractivity contribution in [3.8, 4) is 22.3 Å². The molecule has 10 heteroatoms. The number of aryl methyl sites for hydroxylation is 1. The zero-order valence-electron chi connectivity index (χ0n) is 23.5. The smallest absolute Gasteiger partial charge is 0.269 e. The Morgan fingerprint density at radius 3 is 2.12 bits per heavy atom. The molecule has 2 heterocycles. The molecule has 0 spiro atoms. The Morgan fingerprint density at radius 1 is 0.805 bits per heavy atom. The first-order valence-corrected chi connectivity index (χ1v) is 15.9. The zero-order chi connectivity index (χ0) is 29.7. The molecule has 5 rings (SSSR count). The highest BCUT2D eigenvalue weighted by molar-refractivity contribution is 7.90. The lowest BCUT2D eigenvalue weighted by Crippen LogP contribution is -2.42. The molecule has 5 aromatic rings. The van der Waals surface area contributed by atoms with Crippen LogP contribution in [-0.2, 0) is 20.0 Å². The number of hydrogen-bond acceptors (Lipinski definition) is 6. The molecule has 0 aliphatic carbocycles. The van der Waals surface area contributed by atoms with Gasteiger partial charge in [0, 0.05) is 47.2 Å². The maximum Gasteiger partial charge on any atom is 0.269 e. The highest BCUT2D eigenvalue weighted by atomic mass is 32.2. The van der Waals surface area contributed by atoms with Gasteiger partial charge in [0.2, 0.25) is 10.0 Å². The lowest BCUT2D eigenvalue weighted by Gasteiger charge is -2.31. The van der Waals surface area contributed by atoms with Crippen molar-refractivity contribution < 1.29 is 16.8 Å². The highest BCUT2D eigenvalue weighted by Crippen LogP contribution is 2.36. The molecule has 2 N–H and O–H groups in total. The van der Waals surface area contributed by atoms with Gasteiger partial charge in [-0.1, -0.05) is 42.0 Å². The fourth-order valence-corrected chi connectivity index (χ4v) is 7.42. The van der Waals surface area contributed by atoms with Gasteiger partial charge in [0.05, 0.1) is 9.79 Å². The fraction of sp³-hybridized carbons (Fsp3) is 0.194. The minimum Gasteiger partial charge on any atom is -0.399 e. The maximum atomic E-state index is 13.8. The first kappa shape index (κ1) is 28.5. The molecule has 0 bridgehead atoms. The molecule has 0 amide bonds. The molecule has 2 aromatic heterocycles. The predicted octanol–water partition coefficient (Wildman–Crippen LogP) is 5.92. The summed E-state index contributed by atoms with van der Waals surface area (Å²) in [6.07, 6.45) is 3.12. The van der Waals surface area contributed by atoms with Crippen molar-refractivity contribution in [2.75, 3.05) is 12.8 Å². The number of nitrogen functional groups attached to an aromatic ring is 1. The second-order valence-corrected chi connectivity index (χ2v) is 14.8. The molecule has 0 unspecified atom stereocenters. The third kappa shape index (κ3) is 5.26. The second kappa shape index (κ2) is 10.1. The van der Waals surface area contributed by atoms with E-state index < -0.39 is 25.6 Å². The molecule has 41 heavy (non-hydrogen) atoms. The Morgan fingerprint density at radius 2 is 1.46 bits per heavy atom. The number of sulfonamides is 1. The van der Waals surface area contributed by atoms with Gasteiger partial charge < -0.3 is 5.73 Å². The summed E-state index contributed by atoms with van der Waals surface area (Å²) in [5.41, 5.74) is 9.77. The van der Waals surface area contributed by atoms with Gasteiger partial charge in [-0.15, -0.1) is 0 Å². The first-order valence-electron chi connectivity index (χ1n) is 13.0.